The Morgan fingerprint density at radius 3 is 1.60 bits per heavy atom. The standard InChI is InChI=1S/C16H34O4/c1-9-10-11-12-13(2)14(17-19-15(3,4)5)18-20-16(6,7)8/h13-14H,9-12H2,1-8H3. The minimum Gasteiger partial charge on any atom is -0.228 e. The van der Waals surface area contributed by atoms with Crippen LogP contribution in [0, 0.1) is 5.92 Å². The molecule has 0 aromatic heterocycles. The second kappa shape index (κ2) is 8.98. The molecule has 0 amide bonds. The van der Waals surface area contributed by atoms with Crippen molar-refractivity contribution in [2.45, 2.75) is 98.6 Å². The average molecular weight is 290 g/mol. The summed E-state index contributed by atoms with van der Waals surface area (Å²) in [4.78, 5) is 21.7. The third-order valence-electron chi connectivity index (χ3n) is 2.51. The van der Waals surface area contributed by atoms with Crippen LogP contribution in [-0.4, -0.2) is 17.5 Å². The van der Waals surface area contributed by atoms with Crippen molar-refractivity contribution < 1.29 is 19.6 Å². The van der Waals surface area contributed by atoms with Crippen LogP contribution in [-0.2, 0) is 19.6 Å². The van der Waals surface area contributed by atoms with Crippen LogP contribution in [0.1, 0.15) is 81.1 Å². The van der Waals surface area contributed by atoms with Crippen molar-refractivity contribution in [3.8, 4) is 0 Å². The monoisotopic (exact) mass is 290 g/mol. The Morgan fingerprint density at radius 2 is 1.25 bits per heavy atom. The molecule has 0 radical (unpaired) electrons. The van der Waals surface area contributed by atoms with Gasteiger partial charge in [0.15, 0.2) is 0 Å². The molecule has 4 heteroatoms. The quantitative estimate of drug-likeness (QED) is 0.258. The SMILES string of the molecule is CCCCCC(C)C(OOC(C)(C)C)OOC(C)(C)C. The molecule has 0 aliphatic carbocycles. The van der Waals surface area contributed by atoms with Crippen LogP contribution in [0.15, 0.2) is 0 Å². The third-order valence-corrected chi connectivity index (χ3v) is 2.51. The first kappa shape index (κ1) is 19.8. The molecule has 0 bridgehead atoms. The van der Waals surface area contributed by atoms with Gasteiger partial charge in [-0.15, -0.1) is 0 Å². The van der Waals surface area contributed by atoms with E-state index in [4.69, 9.17) is 19.6 Å². The van der Waals surface area contributed by atoms with Gasteiger partial charge < -0.3 is 0 Å². The fourth-order valence-electron chi connectivity index (χ4n) is 1.44. The molecule has 20 heavy (non-hydrogen) atoms. The van der Waals surface area contributed by atoms with Crippen molar-refractivity contribution in [1.82, 2.24) is 0 Å². The van der Waals surface area contributed by atoms with Crippen molar-refractivity contribution in [1.29, 1.82) is 0 Å². The summed E-state index contributed by atoms with van der Waals surface area (Å²) >= 11 is 0. The van der Waals surface area contributed by atoms with Crippen LogP contribution >= 0.6 is 0 Å². The lowest BCUT2D eigenvalue weighted by molar-refractivity contribution is -0.505. The van der Waals surface area contributed by atoms with Gasteiger partial charge in [0, 0.05) is 5.92 Å². The van der Waals surface area contributed by atoms with Gasteiger partial charge in [-0.3, -0.25) is 0 Å². The highest BCUT2D eigenvalue weighted by molar-refractivity contribution is 4.60. The van der Waals surface area contributed by atoms with E-state index in [2.05, 4.69) is 13.8 Å². The lowest BCUT2D eigenvalue weighted by Crippen LogP contribution is -2.33. The largest absolute Gasteiger partial charge is 0.228 e. The summed E-state index contributed by atoms with van der Waals surface area (Å²) in [6.45, 7) is 15.9. The lowest BCUT2D eigenvalue weighted by atomic mass is 10.0. The topological polar surface area (TPSA) is 36.9 Å². The van der Waals surface area contributed by atoms with Gasteiger partial charge in [0.1, 0.15) is 0 Å². The number of unbranched alkanes of at least 4 members (excludes halogenated alkanes) is 2. The predicted octanol–water partition coefficient (Wildman–Crippen LogP) is 5.02. The Labute approximate surface area is 125 Å². The molecule has 0 N–H and O–H groups in total. The second-order valence-electron chi connectivity index (χ2n) is 7.43. The van der Waals surface area contributed by atoms with Crippen LogP contribution in [0.5, 0.6) is 0 Å². The molecule has 0 saturated heterocycles. The summed E-state index contributed by atoms with van der Waals surface area (Å²) in [5.74, 6) is 0.214. The van der Waals surface area contributed by atoms with Crippen molar-refractivity contribution in [3.63, 3.8) is 0 Å². The van der Waals surface area contributed by atoms with Gasteiger partial charge in [0.2, 0.25) is 6.29 Å². The van der Waals surface area contributed by atoms with Gasteiger partial charge in [0.25, 0.3) is 0 Å². The number of hydrogen-bond acceptors (Lipinski definition) is 4. The molecular weight excluding hydrogens is 256 g/mol. The summed E-state index contributed by atoms with van der Waals surface area (Å²) in [7, 11) is 0. The van der Waals surface area contributed by atoms with Crippen molar-refractivity contribution in [3.05, 3.63) is 0 Å². The zero-order chi connectivity index (χ0) is 15.8. The zero-order valence-corrected chi connectivity index (χ0v) is 14.6. The molecule has 0 aliphatic rings. The van der Waals surface area contributed by atoms with Crippen LogP contribution in [0.2, 0.25) is 0 Å². The van der Waals surface area contributed by atoms with E-state index in [1.54, 1.807) is 0 Å². The molecule has 0 aromatic carbocycles. The maximum Gasteiger partial charge on any atom is 0.226 e. The Kier molecular flexibility index (Phi) is 8.91. The Morgan fingerprint density at radius 1 is 0.800 bits per heavy atom. The molecule has 4 nitrogen and oxygen atoms in total. The van der Waals surface area contributed by atoms with Crippen LogP contribution < -0.4 is 0 Å². The Bertz CT molecular complexity index is 222. The molecule has 0 aliphatic heterocycles. The van der Waals surface area contributed by atoms with Crippen LogP contribution in [0.25, 0.3) is 0 Å². The van der Waals surface area contributed by atoms with E-state index in [0.29, 0.717) is 0 Å². The molecule has 1 atom stereocenters. The van der Waals surface area contributed by atoms with E-state index in [1.807, 2.05) is 41.5 Å². The maximum absolute atomic E-state index is 5.45. The fourth-order valence-corrected chi connectivity index (χ4v) is 1.44. The van der Waals surface area contributed by atoms with Crippen molar-refractivity contribution >= 4 is 0 Å². The first-order chi connectivity index (χ1) is 9.05. The zero-order valence-electron chi connectivity index (χ0n) is 14.6. The molecule has 0 fully saturated rings. The minimum absolute atomic E-state index is 0.214. The summed E-state index contributed by atoms with van der Waals surface area (Å²) in [5.41, 5.74) is -0.737. The molecule has 122 valence electrons. The summed E-state index contributed by atoms with van der Waals surface area (Å²) < 4.78 is 0. The smallest absolute Gasteiger partial charge is 0.226 e. The van der Waals surface area contributed by atoms with Gasteiger partial charge >= 0.3 is 0 Å². The summed E-state index contributed by atoms with van der Waals surface area (Å²) in [6, 6.07) is 0. The first-order valence-electron chi connectivity index (χ1n) is 7.74. The summed E-state index contributed by atoms with van der Waals surface area (Å²) in [5, 5.41) is 0. The normalized spacial score (nSPS) is 14.8. The van der Waals surface area contributed by atoms with E-state index in [9.17, 15) is 0 Å². The minimum atomic E-state index is -0.509. The second-order valence-corrected chi connectivity index (χ2v) is 7.43. The average Bonchev–Trinajstić information content (AvgIpc) is 2.26. The van der Waals surface area contributed by atoms with Gasteiger partial charge in [-0.05, 0) is 48.0 Å². The van der Waals surface area contributed by atoms with Crippen LogP contribution in [0.4, 0.5) is 0 Å². The Balaban J connectivity index is 4.36. The molecule has 0 heterocycles. The predicted molar refractivity (Wildman–Crippen MR) is 80.9 cm³/mol. The molecule has 1 unspecified atom stereocenters. The highest BCUT2D eigenvalue weighted by Crippen LogP contribution is 2.22. The number of hydrogen-bond donors (Lipinski definition) is 0. The molecule has 0 aromatic rings. The van der Waals surface area contributed by atoms with Gasteiger partial charge in [0.05, 0.1) is 11.2 Å². The van der Waals surface area contributed by atoms with Crippen molar-refractivity contribution in [2.24, 2.45) is 5.92 Å². The van der Waals surface area contributed by atoms with E-state index < -0.39 is 6.29 Å². The third kappa shape index (κ3) is 11.6. The first-order valence-corrected chi connectivity index (χ1v) is 7.74. The Hall–Kier alpha value is -0.160. The molecular formula is C16H34O4. The maximum atomic E-state index is 5.45. The van der Waals surface area contributed by atoms with Crippen molar-refractivity contribution in [2.75, 3.05) is 0 Å². The van der Waals surface area contributed by atoms with Gasteiger partial charge in [-0.2, -0.15) is 0 Å². The highest BCUT2D eigenvalue weighted by Gasteiger charge is 2.26. The van der Waals surface area contributed by atoms with Crippen LogP contribution in [0.3, 0.4) is 0 Å². The highest BCUT2D eigenvalue weighted by atomic mass is 17.3. The number of rotatable bonds is 9. The van der Waals surface area contributed by atoms with E-state index in [1.165, 1.54) is 12.8 Å². The van der Waals surface area contributed by atoms with Gasteiger partial charge in [-0.25, -0.2) is 19.6 Å². The lowest BCUT2D eigenvalue weighted by Gasteiger charge is -2.28. The molecule has 0 spiro atoms. The molecule has 0 saturated carbocycles. The van der Waals surface area contributed by atoms with Gasteiger partial charge in [-0.1, -0.05) is 33.1 Å². The summed E-state index contributed by atoms with van der Waals surface area (Å²) in [6.07, 6.45) is 4.10. The fraction of sp³-hybridized carbons (Fsp3) is 1.00. The van der Waals surface area contributed by atoms with E-state index in [-0.39, 0.29) is 17.1 Å². The van der Waals surface area contributed by atoms with E-state index in [0.717, 1.165) is 12.8 Å². The van der Waals surface area contributed by atoms with E-state index >= 15 is 0 Å². The molecule has 0 rings (SSSR count).